The Morgan fingerprint density at radius 1 is 1.44 bits per heavy atom. The molecule has 0 aromatic carbocycles. The quantitative estimate of drug-likeness (QED) is 0.862. The number of halogens is 3. The number of terminal acetylenes is 1. The first-order valence-electron chi connectivity index (χ1n) is 7.95. The molecule has 25 heavy (non-hydrogen) atoms. The van der Waals surface area contributed by atoms with E-state index in [9.17, 15) is 18.0 Å². The maximum atomic E-state index is 13.4. The standard InChI is InChI=1S/C17H17F3N4O/c1-4-16(3,5-2)22-15(25)12-9-14-21-11(10-6-7-10)8-13(17(18,19)20)24(14)23-12/h1,8-10H,5-7H2,2-3H3,(H,22,25)/t16-/m1/s1. The van der Waals surface area contributed by atoms with Crippen LogP contribution in [0.4, 0.5) is 13.2 Å². The van der Waals surface area contributed by atoms with Crippen molar-refractivity contribution in [2.24, 2.45) is 0 Å². The predicted molar refractivity (Wildman–Crippen MR) is 85.0 cm³/mol. The SMILES string of the molecule is C#C[C@](C)(CC)NC(=O)c1cc2nc(C3CC3)cc(C(F)(F)F)n2n1. The second-order valence-electron chi connectivity index (χ2n) is 6.42. The Kier molecular flexibility index (Phi) is 3.98. The highest BCUT2D eigenvalue weighted by molar-refractivity contribution is 5.94. The molecule has 2 aromatic heterocycles. The molecule has 0 radical (unpaired) electrons. The van der Waals surface area contributed by atoms with Crippen LogP contribution in [0.3, 0.4) is 0 Å². The summed E-state index contributed by atoms with van der Waals surface area (Å²) in [5.74, 6) is 1.88. The van der Waals surface area contributed by atoms with Gasteiger partial charge in [0.2, 0.25) is 0 Å². The van der Waals surface area contributed by atoms with Gasteiger partial charge in [0.25, 0.3) is 5.91 Å². The Labute approximate surface area is 142 Å². The minimum atomic E-state index is -4.60. The van der Waals surface area contributed by atoms with E-state index in [0.29, 0.717) is 16.6 Å². The maximum Gasteiger partial charge on any atom is 0.433 e. The van der Waals surface area contributed by atoms with Gasteiger partial charge in [-0.2, -0.15) is 18.3 Å². The molecule has 1 aliphatic rings. The molecule has 1 saturated carbocycles. The minimum Gasteiger partial charge on any atom is -0.335 e. The van der Waals surface area contributed by atoms with Gasteiger partial charge in [0, 0.05) is 17.7 Å². The van der Waals surface area contributed by atoms with Crippen molar-refractivity contribution in [3.8, 4) is 12.3 Å². The summed E-state index contributed by atoms with van der Waals surface area (Å²) in [5.41, 5.74) is -1.60. The van der Waals surface area contributed by atoms with Crippen LogP contribution in [0.2, 0.25) is 0 Å². The topological polar surface area (TPSA) is 59.3 Å². The van der Waals surface area contributed by atoms with Gasteiger partial charge in [-0.25, -0.2) is 9.50 Å². The zero-order valence-electron chi connectivity index (χ0n) is 13.8. The average Bonchev–Trinajstić information content (AvgIpc) is 3.31. The summed E-state index contributed by atoms with van der Waals surface area (Å²) < 4.78 is 40.7. The highest BCUT2D eigenvalue weighted by Gasteiger charge is 2.37. The number of hydrogen-bond donors (Lipinski definition) is 1. The van der Waals surface area contributed by atoms with E-state index >= 15 is 0 Å². The number of rotatable bonds is 4. The third-order valence-electron chi connectivity index (χ3n) is 4.38. The number of hydrogen-bond acceptors (Lipinski definition) is 3. The Hall–Kier alpha value is -2.56. The minimum absolute atomic E-state index is 0.000726. The van der Waals surface area contributed by atoms with Crippen molar-refractivity contribution in [3.05, 3.63) is 29.2 Å². The summed E-state index contributed by atoms with van der Waals surface area (Å²) in [4.78, 5) is 16.6. The summed E-state index contributed by atoms with van der Waals surface area (Å²) in [6.45, 7) is 3.46. The predicted octanol–water partition coefficient (Wildman–Crippen LogP) is 3.16. The van der Waals surface area contributed by atoms with Crippen LogP contribution < -0.4 is 5.32 Å². The normalized spacial score (nSPS) is 17.1. The molecule has 1 amide bonds. The average molecular weight is 350 g/mol. The molecule has 0 bridgehead atoms. The molecule has 2 aromatic rings. The van der Waals surface area contributed by atoms with Crippen molar-refractivity contribution < 1.29 is 18.0 Å². The van der Waals surface area contributed by atoms with E-state index in [4.69, 9.17) is 6.42 Å². The van der Waals surface area contributed by atoms with E-state index in [1.54, 1.807) is 13.8 Å². The van der Waals surface area contributed by atoms with Crippen molar-refractivity contribution in [2.75, 3.05) is 0 Å². The molecule has 5 nitrogen and oxygen atoms in total. The van der Waals surface area contributed by atoms with Crippen molar-refractivity contribution in [1.29, 1.82) is 0 Å². The molecule has 1 aliphatic carbocycles. The maximum absolute atomic E-state index is 13.4. The lowest BCUT2D eigenvalue weighted by molar-refractivity contribution is -0.142. The molecule has 3 rings (SSSR count). The molecule has 0 aliphatic heterocycles. The van der Waals surface area contributed by atoms with Gasteiger partial charge in [0.15, 0.2) is 11.3 Å². The zero-order chi connectivity index (χ0) is 18.4. The number of nitrogens with one attached hydrogen (secondary N) is 1. The molecule has 0 saturated heterocycles. The second-order valence-corrected chi connectivity index (χ2v) is 6.42. The molecule has 8 heteroatoms. The van der Waals surface area contributed by atoms with Crippen LogP contribution in [0.5, 0.6) is 0 Å². The van der Waals surface area contributed by atoms with E-state index in [1.807, 2.05) is 0 Å². The monoisotopic (exact) mass is 350 g/mol. The summed E-state index contributed by atoms with van der Waals surface area (Å²) in [7, 11) is 0. The van der Waals surface area contributed by atoms with Crippen molar-refractivity contribution in [1.82, 2.24) is 19.9 Å². The lowest BCUT2D eigenvalue weighted by Gasteiger charge is -2.22. The number of nitrogens with zero attached hydrogens (tertiary/aromatic N) is 3. The molecule has 1 atom stereocenters. The number of alkyl halides is 3. The summed E-state index contributed by atoms with van der Waals surface area (Å²) in [6, 6.07) is 2.26. The van der Waals surface area contributed by atoms with Gasteiger partial charge in [-0.05, 0) is 32.3 Å². The third kappa shape index (κ3) is 3.31. The van der Waals surface area contributed by atoms with E-state index < -0.39 is 23.3 Å². The lowest BCUT2D eigenvalue weighted by Crippen LogP contribution is -2.44. The van der Waals surface area contributed by atoms with Crippen LogP contribution in [0.1, 0.15) is 60.9 Å². The van der Waals surface area contributed by atoms with Gasteiger partial charge in [-0.1, -0.05) is 12.8 Å². The van der Waals surface area contributed by atoms with Crippen LogP contribution in [0.15, 0.2) is 12.1 Å². The third-order valence-corrected chi connectivity index (χ3v) is 4.38. The Morgan fingerprint density at radius 3 is 2.64 bits per heavy atom. The summed E-state index contributed by atoms with van der Waals surface area (Å²) in [6.07, 6.45) is 2.92. The van der Waals surface area contributed by atoms with Gasteiger partial charge >= 0.3 is 6.18 Å². The van der Waals surface area contributed by atoms with Crippen LogP contribution in [-0.2, 0) is 6.18 Å². The molecular weight excluding hydrogens is 333 g/mol. The Balaban J connectivity index is 2.04. The van der Waals surface area contributed by atoms with Crippen LogP contribution in [0, 0.1) is 12.3 Å². The second kappa shape index (κ2) is 5.76. The van der Waals surface area contributed by atoms with E-state index in [2.05, 4.69) is 21.3 Å². The number of fused-ring (bicyclic) bond motifs is 1. The van der Waals surface area contributed by atoms with Crippen molar-refractivity contribution in [2.45, 2.75) is 50.7 Å². The fraction of sp³-hybridized carbons (Fsp3) is 0.471. The van der Waals surface area contributed by atoms with Gasteiger partial charge in [0.05, 0.1) is 5.54 Å². The molecule has 132 valence electrons. The molecule has 2 heterocycles. The smallest absolute Gasteiger partial charge is 0.335 e. The van der Waals surface area contributed by atoms with Gasteiger partial charge in [-0.15, -0.1) is 6.42 Å². The highest BCUT2D eigenvalue weighted by Crippen LogP contribution is 2.41. The van der Waals surface area contributed by atoms with Crippen LogP contribution in [0.25, 0.3) is 5.65 Å². The number of amides is 1. The summed E-state index contributed by atoms with van der Waals surface area (Å²) >= 11 is 0. The van der Waals surface area contributed by atoms with Gasteiger partial charge in [-0.3, -0.25) is 4.79 Å². The van der Waals surface area contributed by atoms with E-state index in [1.165, 1.54) is 6.07 Å². The largest absolute Gasteiger partial charge is 0.433 e. The van der Waals surface area contributed by atoms with E-state index in [-0.39, 0.29) is 17.3 Å². The summed E-state index contributed by atoms with van der Waals surface area (Å²) in [5, 5.41) is 6.42. The van der Waals surface area contributed by atoms with Crippen LogP contribution in [-0.4, -0.2) is 26.0 Å². The number of aromatic nitrogens is 3. The van der Waals surface area contributed by atoms with Crippen molar-refractivity contribution >= 4 is 11.6 Å². The fourth-order valence-electron chi connectivity index (χ4n) is 2.44. The number of carbonyl (C=O) groups excluding carboxylic acids is 1. The molecular formula is C17H17F3N4O. The van der Waals surface area contributed by atoms with Crippen molar-refractivity contribution in [3.63, 3.8) is 0 Å². The van der Waals surface area contributed by atoms with Gasteiger partial charge in [0.1, 0.15) is 5.69 Å². The highest BCUT2D eigenvalue weighted by atomic mass is 19.4. The lowest BCUT2D eigenvalue weighted by atomic mass is 10.0. The first kappa shape index (κ1) is 17.3. The first-order chi connectivity index (χ1) is 11.7. The molecule has 0 unspecified atom stereocenters. The number of carbonyl (C=O) groups is 1. The molecule has 1 N–H and O–H groups in total. The van der Waals surface area contributed by atoms with Gasteiger partial charge < -0.3 is 5.32 Å². The Morgan fingerprint density at radius 2 is 2.12 bits per heavy atom. The Bertz CT molecular complexity index is 876. The first-order valence-corrected chi connectivity index (χ1v) is 7.95. The molecule has 1 fully saturated rings. The molecule has 0 spiro atoms. The fourth-order valence-corrected chi connectivity index (χ4v) is 2.44. The zero-order valence-corrected chi connectivity index (χ0v) is 13.8. The van der Waals surface area contributed by atoms with Crippen LogP contribution >= 0.6 is 0 Å². The van der Waals surface area contributed by atoms with E-state index in [0.717, 1.165) is 18.9 Å².